The van der Waals surface area contributed by atoms with Crippen LogP contribution in [0.1, 0.15) is 187 Å². The molecule has 0 aliphatic heterocycles. The molecule has 54 heavy (non-hydrogen) atoms. The van der Waals surface area contributed by atoms with E-state index >= 15 is 0 Å². The number of hydrogen-bond acceptors (Lipinski definition) is 7. The zero-order chi connectivity index (χ0) is 40.0. The summed E-state index contributed by atoms with van der Waals surface area (Å²) in [7, 11) is 5.39. The predicted molar refractivity (Wildman–Crippen MR) is 222 cm³/mol. The van der Waals surface area contributed by atoms with Gasteiger partial charge in [0.05, 0.1) is 40.3 Å². The SMILES string of the molecule is CC/C=C/C/C=C/C/C=C/CCCCC(=O)OC(COCCC(C(=O)[O-])[N+](C)(C)C)COC(=O)CCCCCCCCCCCCCCCCCCCC. The molecule has 0 aromatic rings. The summed E-state index contributed by atoms with van der Waals surface area (Å²) < 4.78 is 17.1. The molecule has 0 spiro atoms. The van der Waals surface area contributed by atoms with Crippen LogP contribution in [-0.4, -0.2) is 75.5 Å². The first-order chi connectivity index (χ1) is 26.1. The molecule has 0 saturated heterocycles. The number of carbonyl (C=O) groups is 3. The minimum Gasteiger partial charge on any atom is -0.544 e. The molecular weight excluding hydrogens is 679 g/mol. The van der Waals surface area contributed by atoms with E-state index in [1.165, 1.54) is 96.3 Å². The number of carboxylic acid groups (broad SMARTS) is 1. The lowest BCUT2D eigenvalue weighted by Crippen LogP contribution is -2.55. The summed E-state index contributed by atoms with van der Waals surface area (Å²) in [5, 5.41) is 11.6. The number of hydrogen-bond donors (Lipinski definition) is 0. The third-order valence-corrected chi connectivity index (χ3v) is 9.79. The van der Waals surface area contributed by atoms with Crippen LogP contribution in [-0.2, 0) is 28.6 Å². The molecule has 0 aromatic heterocycles. The van der Waals surface area contributed by atoms with Gasteiger partial charge in [-0.2, -0.15) is 0 Å². The van der Waals surface area contributed by atoms with Crippen molar-refractivity contribution in [1.29, 1.82) is 0 Å². The summed E-state index contributed by atoms with van der Waals surface area (Å²) in [5.41, 5.74) is 0. The fourth-order valence-electron chi connectivity index (χ4n) is 6.38. The van der Waals surface area contributed by atoms with Gasteiger partial charge in [0, 0.05) is 19.3 Å². The first kappa shape index (κ1) is 51.5. The fraction of sp³-hybridized carbons (Fsp3) is 0.804. The highest BCUT2D eigenvalue weighted by atomic mass is 16.6. The number of unbranched alkanes of at least 4 members (excludes halogenated alkanes) is 19. The lowest BCUT2D eigenvalue weighted by Gasteiger charge is -2.34. The molecule has 2 unspecified atom stereocenters. The van der Waals surface area contributed by atoms with Crippen LogP contribution in [0.4, 0.5) is 0 Å². The number of ether oxygens (including phenoxy) is 3. The van der Waals surface area contributed by atoms with E-state index in [2.05, 4.69) is 50.3 Å². The summed E-state index contributed by atoms with van der Waals surface area (Å²) in [5.74, 6) is -1.78. The van der Waals surface area contributed by atoms with Crippen molar-refractivity contribution in [2.24, 2.45) is 0 Å². The highest BCUT2D eigenvalue weighted by Crippen LogP contribution is 2.15. The van der Waals surface area contributed by atoms with Gasteiger partial charge in [-0.25, -0.2) is 0 Å². The maximum Gasteiger partial charge on any atom is 0.306 e. The smallest absolute Gasteiger partial charge is 0.306 e. The molecule has 0 rings (SSSR count). The molecule has 2 atom stereocenters. The average Bonchev–Trinajstić information content (AvgIpc) is 3.12. The van der Waals surface area contributed by atoms with Gasteiger partial charge < -0.3 is 28.6 Å². The Morgan fingerprint density at radius 1 is 0.574 bits per heavy atom. The number of rotatable bonds is 39. The van der Waals surface area contributed by atoms with Crippen molar-refractivity contribution in [3.63, 3.8) is 0 Å². The number of esters is 2. The summed E-state index contributed by atoms with van der Waals surface area (Å²) in [6, 6.07) is -0.730. The van der Waals surface area contributed by atoms with Gasteiger partial charge in [0.1, 0.15) is 12.6 Å². The molecule has 0 aromatic carbocycles. The molecule has 8 nitrogen and oxygen atoms in total. The van der Waals surface area contributed by atoms with Crippen LogP contribution >= 0.6 is 0 Å². The van der Waals surface area contributed by atoms with Crippen molar-refractivity contribution in [3.8, 4) is 0 Å². The molecule has 314 valence electrons. The third-order valence-electron chi connectivity index (χ3n) is 9.79. The van der Waals surface area contributed by atoms with Crippen LogP contribution in [0, 0.1) is 0 Å². The Morgan fingerprint density at radius 3 is 1.54 bits per heavy atom. The Labute approximate surface area is 332 Å². The Kier molecular flexibility index (Phi) is 35.8. The van der Waals surface area contributed by atoms with Gasteiger partial charge in [0.2, 0.25) is 0 Å². The van der Waals surface area contributed by atoms with Crippen LogP contribution < -0.4 is 5.11 Å². The number of quaternary nitrogens is 1. The normalized spacial score (nSPS) is 13.3. The molecule has 0 aliphatic rings. The van der Waals surface area contributed by atoms with Crippen molar-refractivity contribution in [1.82, 2.24) is 0 Å². The highest BCUT2D eigenvalue weighted by molar-refractivity contribution is 5.70. The molecule has 0 heterocycles. The summed E-state index contributed by atoms with van der Waals surface area (Å²) in [6.07, 6.45) is 41.8. The maximum atomic E-state index is 12.7. The number of carboxylic acids is 1. The molecule has 0 aliphatic carbocycles. The van der Waals surface area contributed by atoms with Gasteiger partial charge in [-0.15, -0.1) is 0 Å². The quantitative estimate of drug-likeness (QED) is 0.0266. The lowest BCUT2D eigenvalue weighted by atomic mass is 10.0. The van der Waals surface area contributed by atoms with Gasteiger partial charge in [-0.05, 0) is 44.9 Å². The van der Waals surface area contributed by atoms with Crippen LogP contribution in [0.3, 0.4) is 0 Å². The Balaban J connectivity index is 4.31. The van der Waals surface area contributed by atoms with E-state index in [9.17, 15) is 19.5 Å². The zero-order valence-electron chi connectivity index (χ0n) is 35.6. The van der Waals surface area contributed by atoms with Crippen molar-refractivity contribution < 1.29 is 38.2 Å². The molecule has 8 heteroatoms. The first-order valence-corrected chi connectivity index (χ1v) is 22.0. The number of allylic oxidation sites excluding steroid dienone is 6. The Morgan fingerprint density at radius 2 is 1.04 bits per heavy atom. The van der Waals surface area contributed by atoms with E-state index in [0.717, 1.165) is 51.4 Å². The summed E-state index contributed by atoms with van der Waals surface area (Å²) >= 11 is 0. The minimum atomic E-state index is -1.13. The predicted octanol–water partition coefficient (Wildman–Crippen LogP) is 10.5. The molecular formula is C46H83NO7. The molecule has 0 amide bonds. The first-order valence-electron chi connectivity index (χ1n) is 22.0. The summed E-state index contributed by atoms with van der Waals surface area (Å²) in [4.78, 5) is 36.8. The molecule has 0 saturated carbocycles. The van der Waals surface area contributed by atoms with Crippen LogP contribution in [0.2, 0.25) is 0 Å². The molecule has 0 fully saturated rings. The molecule has 0 bridgehead atoms. The molecule has 0 N–H and O–H groups in total. The van der Waals surface area contributed by atoms with Crippen LogP contribution in [0.5, 0.6) is 0 Å². The Bertz CT molecular complexity index is 984. The van der Waals surface area contributed by atoms with E-state index in [4.69, 9.17) is 14.2 Å². The van der Waals surface area contributed by atoms with Crippen molar-refractivity contribution in [2.45, 2.75) is 199 Å². The monoisotopic (exact) mass is 762 g/mol. The topological polar surface area (TPSA) is 102 Å². The largest absolute Gasteiger partial charge is 0.544 e. The summed E-state index contributed by atoms with van der Waals surface area (Å²) in [6.45, 7) is 4.51. The third kappa shape index (κ3) is 35.3. The van der Waals surface area contributed by atoms with Gasteiger partial charge in [0.25, 0.3) is 0 Å². The number of carbonyl (C=O) groups excluding carboxylic acids is 3. The van der Waals surface area contributed by atoms with E-state index in [1.54, 1.807) is 21.1 Å². The van der Waals surface area contributed by atoms with E-state index in [-0.39, 0.29) is 49.1 Å². The van der Waals surface area contributed by atoms with Crippen molar-refractivity contribution in [3.05, 3.63) is 36.5 Å². The minimum absolute atomic E-state index is 0.0274. The number of nitrogens with zero attached hydrogens (tertiary/aromatic N) is 1. The van der Waals surface area contributed by atoms with Crippen LogP contribution in [0.15, 0.2) is 36.5 Å². The maximum absolute atomic E-state index is 12.7. The van der Waals surface area contributed by atoms with Crippen molar-refractivity contribution in [2.75, 3.05) is 41.0 Å². The second kappa shape index (κ2) is 37.5. The van der Waals surface area contributed by atoms with Crippen LogP contribution in [0.25, 0.3) is 0 Å². The van der Waals surface area contributed by atoms with Gasteiger partial charge in [-0.1, -0.05) is 159 Å². The van der Waals surface area contributed by atoms with Gasteiger partial charge >= 0.3 is 11.9 Å². The fourth-order valence-corrected chi connectivity index (χ4v) is 6.38. The second-order valence-corrected chi connectivity index (χ2v) is 15.9. The zero-order valence-corrected chi connectivity index (χ0v) is 35.6. The Hall–Kier alpha value is -2.45. The van der Waals surface area contributed by atoms with E-state index < -0.39 is 18.1 Å². The van der Waals surface area contributed by atoms with Gasteiger partial charge in [-0.3, -0.25) is 9.59 Å². The number of likely N-dealkylation sites (N-methyl/N-ethyl adjacent to an activating group) is 1. The second-order valence-electron chi connectivity index (χ2n) is 15.9. The number of aliphatic carboxylic acids is 1. The molecule has 0 radical (unpaired) electrons. The van der Waals surface area contributed by atoms with Crippen molar-refractivity contribution >= 4 is 17.9 Å². The standard InChI is InChI=1S/C46H83NO7/c1-6-8-10-12-14-16-18-20-21-22-23-24-25-27-28-30-32-34-36-44(48)53-41-42(40-52-39-38-43(46(50)51)47(3,4)5)54-45(49)37-35-33-31-29-26-19-17-15-13-11-9-7-2/h9,11,15,17,26,29,42-43H,6-8,10,12-14,16,18-25,27-28,30-41H2,1-5H3/b11-9+,17-15+,29-26+. The van der Waals surface area contributed by atoms with E-state index in [0.29, 0.717) is 12.8 Å². The van der Waals surface area contributed by atoms with Gasteiger partial charge in [0.15, 0.2) is 6.10 Å². The highest BCUT2D eigenvalue weighted by Gasteiger charge is 2.25. The lowest BCUT2D eigenvalue weighted by molar-refractivity contribution is -0.889. The average molecular weight is 762 g/mol. The van der Waals surface area contributed by atoms with E-state index in [1.807, 2.05) is 0 Å².